The number of alkyl carbamates (subject to hydrolysis) is 2. The molecule has 0 saturated carbocycles. The molecule has 37 heteroatoms. The Morgan fingerprint density at radius 1 is 0.523 bits per heavy atom. The Morgan fingerprint density at radius 3 is 1.27 bits per heavy atom. The minimum atomic E-state index is -4.07. The molecule has 2 amide bonds. The van der Waals surface area contributed by atoms with Crippen molar-refractivity contribution in [1.82, 2.24) is 19.2 Å². The van der Waals surface area contributed by atoms with E-state index >= 15 is 0 Å². The molecular weight excluding hydrogens is 1510 g/mol. The molecule has 4 fully saturated rings. The fourth-order valence-electron chi connectivity index (χ4n) is 11.7. The third-order valence-corrected chi connectivity index (χ3v) is 23.6. The number of hydrogen-bond acceptors (Lipinski definition) is 28. The van der Waals surface area contributed by atoms with Crippen LogP contribution in [0.2, 0.25) is 0 Å². The predicted molar refractivity (Wildman–Crippen MR) is 395 cm³/mol. The zero-order chi connectivity index (χ0) is 80.2. The molecule has 0 spiro atoms. The third-order valence-electron chi connectivity index (χ3n) is 17.1. The predicted octanol–water partition coefficient (Wildman–Crippen LogP) is 7.63. The molecule has 4 aromatic carbocycles. The topological polar surface area (TPSA) is 421 Å². The molecule has 33 nitrogen and oxygen atoms in total. The van der Waals surface area contributed by atoms with Crippen LogP contribution in [0.1, 0.15) is 93.2 Å². The van der Waals surface area contributed by atoms with Gasteiger partial charge in [0.05, 0.1) is 113 Å². The molecule has 0 bridgehead atoms. The summed E-state index contributed by atoms with van der Waals surface area (Å²) in [4.78, 5) is 58.6. The maximum atomic E-state index is 13.8. The van der Waals surface area contributed by atoms with Crippen molar-refractivity contribution in [2.45, 2.75) is 166 Å². The van der Waals surface area contributed by atoms with Crippen LogP contribution in [0.5, 0.6) is 23.0 Å². The van der Waals surface area contributed by atoms with Gasteiger partial charge in [-0.2, -0.15) is 8.61 Å². The molecule has 6 N–H and O–H groups in total. The van der Waals surface area contributed by atoms with Gasteiger partial charge < -0.3 is 96.7 Å². The van der Waals surface area contributed by atoms with Crippen molar-refractivity contribution in [3.05, 3.63) is 108 Å². The molecule has 8 rings (SSSR count). The Balaban J connectivity index is 0.000000311. The quantitative estimate of drug-likeness (QED) is 0.0142. The van der Waals surface area contributed by atoms with Crippen LogP contribution in [0.3, 0.4) is 0 Å². The number of nitrogens with one attached hydrogen (secondary N) is 2. The van der Waals surface area contributed by atoms with Crippen LogP contribution in [0.15, 0.2) is 107 Å². The van der Waals surface area contributed by atoms with E-state index in [1.54, 1.807) is 100 Å². The molecule has 0 aliphatic carbocycles. The van der Waals surface area contributed by atoms with Crippen molar-refractivity contribution < 1.29 is 136 Å². The minimum absolute atomic E-state index is 0.0276. The SMILES string of the molecule is CCOC(=O)[C@@H](C)OP(=O)(COc1ccc(C[C@H](NC(=O)O[C@H]2CO[C@H]3OCC[C@H]32)[C@H](O)CN(CC(C)C)S(=O)(=O)c2ccc(OC)cc2)cc1)OCC.CCOC(=O)[C@H](C)O.CCOP(=O)(O)COc1ccc(C[C@H](NC(=O)O[C@H]2CO[C@H]3OCC[C@H]32)[C@H](O)CN(CC(C)C)S(=O)(=O)c2ccc(OC)cc2)cc1. The van der Waals surface area contributed by atoms with Crippen LogP contribution < -0.4 is 29.6 Å². The van der Waals surface area contributed by atoms with Crippen LogP contribution in [-0.4, -0.2) is 237 Å². The number of sulfonamides is 2. The molecule has 4 saturated heterocycles. The second-order valence-corrected chi connectivity index (χ2v) is 34.2. The fraction of sp³-hybridized carbons (Fsp3) is 0.611. The molecule has 612 valence electrons. The number of hydrogen-bond donors (Lipinski definition) is 6. The summed E-state index contributed by atoms with van der Waals surface area (Å²) < 4.78 is 163. The van der Waals surface area contributed by atoms with Crippen LogP contribution in [0, 0.1) is 23.7 Å². The largest absolute Gasteiger partial charge is 0.497 e. The van der Waals surface area contributed by atoms with Crippen LogP contribution >= 0.6 is 15.2 Å². The summed E-state index contributed by atoms with van der Waals surface area (Å²) in [6.45, 7) is 18.3. The van der Waals surface area contributed by atoms with Crippen LogP contribution in [-0.2, 0) is 103 Å². The molecule has 14 atom stereocenters. The highest BCUT2D eigenvalue weighted by molar-refractivity contribution is 7.89. The van der Waals surface area contributed by atoms with Crippen LogP contribution in [0.4, 0.5) is 9.59 Å². The van der Waals surface area contributed by atoms with Crippen molar-refractivity contribution in [2.24, 2.45) is 23.7 Å². The van der Waals surface area contributed by atoms with E-state index in [2.05, 4.69) is 15.4 Å². The lowest BCUT2D eigenvalue weighted by molar-refractivity contribution is -0.152. The van der Waals surface area contributed by atoms with Crippen molar-refractivity contribution in [1.29, 1.82) is 0 Å². The molecule has 109 heavy (non-hydrogen) atoms. The van der Waals surface area contributed by atoms with Crippen molar-refractivity contribution in [3.63, 3.8) is 0 Å². The molecule has 4 heterocycles. The summed E-state index contributed by atoms with van der Waals surface area (Å²) in [5, 5.41) is 37.2. The number of amides is 2. The lowest BCUT2D eigenvalue weighted by Gasteiger charge is -2.31. The summed E-state index contributed by atoms with van der Waals surface area (Å²) in [5.74, 6) is 0.00417. The highest BCUT2D eigenvalue weighted by atomic mass is 32.2. The Bertz CT molecular complexity index is 3790. The van der Waals surface area contributed by atoms with E-state index in [1.807, 2.05) is 27.7 Å². The highest BCUT2D eigenvalue weighted by Crippen LogP contribution is 2.49. The number of esters is 2. The number of methoxy groups -OCH3 is 2. The van der Waals surface area contributed by atoms with E-state index in [9.17, 15) is 60.3 Å². The first-order valence-corrected chi connectivity index (χ1v) is 42.4. The lowest BCUT2D eigenvalue weighted by Crippen LogP contribution is -2.51. The Labute approximate surface area is 638 Å². The second-order valence-electron chi connectivity index (χ2n) is 26.6. The van der Waals surface area contributed by atoms with Crippen LogP contribution in [0.25, 0.3) is 0 Å². The molecule has 4 aromatic rings. The van der Waals surface area contributed by atoms with Gasteiger partial charge in [0.2, 0.25) is 20.0 Å². The van der Waals surface area contributed by atoms with Gasteiger partial charge in [-0.25, -0.2) is 36.0 Å². The minimum Gasteiger partial charge on any atom is -0.497 e. The Kier molecular flexibility index (Phi) is 36.9. The Hall–Kier alpha value is -6.60. The van der Waals surface area contributed by atoms with E-state index in [0.29, 0.717) is 66.8 Å². The van der Waals surface area contributed by atoms with Gasteiger partial charge in [0.1, 0.15) is 41.3 Å². The van der Waals surface area contributed by atoms with Gasteiger partial charge in [0.15, 0.2) is 31.4 Å². The number of carbonyl (C=O) groups excluding carboxylic acids is 4. The number of ether oxygens (including phenoxy) is 12. The molecule has 2 unspecified atom stereocenters. The number of aliphatic hydroxyl groups excluding tert-OH is 3. The zero-order valence-electron chi connectivity index (χ0n) is 63.6. The molecular formula is C72H108N4O29P2S2. The molecule has 0 aromatic heterocycles. The normalized spacial score (nSPS) is 20.9. The highest BCUT2D eigenvalue weighted by Gasteiger charge is 2.46. The third kappa shape index (κ3) is 28.8. The summed E-state index contributed by atoms with van der Waals surface area (Å²) in [5.41, 5.74) is 1.31. The number of nitrogens with zero attached hydrogens (tertiary/aromatic N) is 2. The maximum absolute atomic E-state index is 13.8. The summed E-state index contributed by atoms with van der Waals surface area (Å²) in [6, 6.07) is 23.1. The average Bonchev–Trinajstić information content (AvgIpc) is 1.71. The van der Waals surface area contributed by atoms with Gasteiger partial charge in [-0.15, -0.1) is 0 Å². The molecule has 4 aliphatic heterocycles. The summed E-state index contributed by atoms with van der Waals surface area (Å²) in [6.07, 6.45) is -7.84. The number of benzene rings is 4. The molecule has 4 aliphatic rings. The Morgan fingerprint density at radius 2 is 0.908 bits per heavy atom. The summed E-state index contributed by atoms with van der Waals surface area (Å²) >= 11 is 0. The average molecular weight is 1620 g/mol. The monoisotopic (exact) mass is 1620 g/mol. The van der Waals surface area contributed by atoms with E-state index in [0.717, 1.165) is 0 Å². The number of carbonyl (C=O) groups is 4. The number of rotatable bonds is 40. The maximum Gasteiger partial charge on any atom is 0.407 e. The van der Waals surface area contributed by atoms with E-state index in [4.69, 9.17) is 70.8 Å². The van der Waals surface area contributed by atoms with Gasteiger partial charge in [-0.3, -0.25) is 13.7 Å². The van der Waals surface area contributed by atoms with Gasteiger partial charge in [0.25, 0.3) is 0 Å². The zero-order valence-corrected chi connectivity index (χ0v) is 67.1. The smallest absolute Gasteiger partial charge is 0.407 e. The van der Waals surface area contributed by atoms with Gasteiger partial charge in [-0.1, -0.05) is 52.0 Å². The van der Waals surface area contributed by atoms with Crippen molar-refractivity contribution in [3.8, 4) is 23.0 Å². The van der Waals surface area contributed by atoms with Crippen molar-refractivity contribution >= 4 is 59.4 Å². The summed E-state index contributed by atoms with van der Waals surface area (Å²) in [7, 11) is -12.9. The van der Waals surface area contributed by atoms with E-state index < -0.39 is 133 Å². The second kappa shape index (κ2) is 44.0. The number of aliphatic hydroxyl groups is 3. The lowest BCUT2D eigenvalue weighted by atomic mass is 10.0. The first kappa shape index (κ1) is 91.3. The van der Waals surface area contributed by atoms with Gasteiger partial charge in [0, 0.05) is 26.2 Å². The van der Waals surface area contributed by atoms with Crippen molar-refractivity contribution in [2.75, 3.05) is 106 Å². The fourth-order valence-corrected chi connectivity index (χ4v) is 17.2. The standard InChI is InChI=1S/C36H53N2O14PS.C31H45N2O12PS.C5H10O3/c1-7-46-34(40)25(5)52-53(42,50-8-2)23-49-28-11-9-26(10-12-28)19-31(37-36(41)51-33-22-48-35-30(33)17-18-47-35)32(39)21-38(20-24(3)4)54(43,44)29-15-13-27(45-6)14-16-29;1-5-44-46(36,37)20-43-24-8-6-22(7-9-24)16-27(32-31(35)45-29-19-42-30-26(29)14-15-41-30)28(34)18-33(17-21(2)3)47(38,39)25-12-10-23(40-4)11-13-25;1-3-8-5(7)4(2)6/h9-16,24-25,30-33,35,39H,7-8,17-23H2,1-6H3,(H,37,41);6-13,21,26-30,34H,5,14-20H2,1-4H3,(H,32,35)(H,36,37);4,6H,3H2,1-2H3/t25-,30+,31+,32-,33+,35-,53?;26-,27-,28+,29-,30+;4-/m100/s1. The first-order chi connectivity index (χ1) is 51.7. The van der Waals surface area contributed by atoms with Gasteiger partial charge >= 0.3 is 39.3 Å². The molecule has 0 radical (unpaired) electrons. The first-order valence-electron chi connectivity index (χ1n) is 36.0. The number of fused-ring (bicyclic) bond motifs is 2. The van der Waals surface area contributed by atoms with E-state index in [1.165, 1.54) is 60.9 Å². The van der Waals surface area contributed by atoms with Gasteiger partial charge in [-0.05, 0) is 163 Å². The van der Waals surface area contributed by atoms with E-state index in [-0.39, 0.29) is 106 Å².